The van der Waals surface area contributed by atoms with Crippen LogP contribution in [0.4, 0.5) is 10.6 Å². The van der Waals surface area contributed by atoms with Crippen molar-refractivity contribution in [2.24, 2.45) is 5.92 Å². The quantitative estimate of drug-likeness (QED) is 0.196. The van der Waals surface area contributed by atoms with Gasteiger partial charge >= 0.3 is 6.09 Å². The molecule has 4 rings (SSSR count). The van der Waals surface area contributed by atoms with E-state index in [1.165, 1.54) is 5.56 Å². The van der Waals surface area contributed by atoms with Crippen molar-refractivity contribution in [2.45, 2.75) is 59.0 Å². The minimum absolute atomic E-state index is 0.0488. The number of carbonyl (C=O) groups excluding carboxylic acids is 2. The summed E-state index contributed by atoms with van der Waals surface area (Å²) in [7, 11) is 0. The molecule has 0 spiro atoms. The number of nitrogens with one attached hydrogen (secondary N) is 2. The summed E-state index contributed by atoms with van der Waals surface area (Å²) in [4.78, 5) is 37.9. The van der Waals surface area contributed by atoms with Crippen molar-refractivity contribution in [3.05, 3.63) is 84.1 Å². The van der Waals surface area contributed by atoms with Crippen molar-refractivity contribution >= 4 is 29.0 Å². The minimum atomic E-state index is -0.453. The average molecular weight is 540 g/mol. The Labute approximate surface area is 235 Å². The van der Waals surface area contributed by atoms with Crippen LogP contribution in [0.3, 0.4) is 0 Å². The maximum Gasteiger partial charge on any atom is 0.407 e. The lowest BCUT2D eigenvalue weighted by Gasteiger charge is -2.11. The summed E-state index contributed by atoms with van der Waals surface area (Å²) in [6.45, 7) is 4.76. The van der Waals surface area contributed by atoms with Gasteiger partial charge in [-0.15, -0.1) is 0 Å². The first kappa shape index (κ1) is 28.7. The Bertz CT molecular complexity index is 1410. The number of alkyl carbamates (subject to hydrolysis) is 1. The van der Waals surface area contributed by atoms with E-state index in [0.717, 1.165) is 43.2 Å². The fourth-order valence-corrected chi connectivity index (χ4v) is 4.53. The van der Waals surface area contributed by atoms with Gasteiger partial charge in [-0.25, -0.2) is 14.8 Å². The predicted octanol–water partition coefficient (Wildman–Crippen LogP) is 6.71. The van der Waals surface area contributed by atoms with Gasteiger partial charge in [0.15, 0.2) is 5.65 Å². The van der Waals surface area contributed by atoms with Crippen LogP contribution in [0.15, 0.2) is 72.9 Å². The van der Waals surface area contributed by atoms with E-state index in [0.29, 0.717) is 41.6 Å². The van der Waals surface area contributed by atoms with E-state index >= 15 is 0 Å². The normalized spacial score (nSPS) is 11.7. The molecular formula is C32H37N5O3. The van der Waals surface area contributed by atoms with Gasteiger partial charge in [0.2, 0.25) is 5.91 Å². The number of ether oxygens (including phenoxy) is 1. The Morgan fingerprint density at radius 2 is 1.73 bits per heavy atom. The van der Waals surface area contributed by atoms with Crippen molar-refractivity contribution in [1.29, 1.82) is 0 Å². The molecule has 8 nitrogen and oxygen atoms in total. The molecule has 0 saturated carbocycles. The molecule has 0 aliphatic heterocycles. The topological polar surface area (TPSA) is 106 Å². The van der Waals surface area contributed by atoms with Crippen LogP contribution in [0, 0.1) is 5.92 Å². The Hall–Kier alpha value is -4.33. The summed E-state index contributed by atoms with van der Waals surface area (Å²) < 4.78 is 5.22. The second-order valence-electron chi connectivity index (χ2n) is 10.0. The number of anilines is 1. The van der Waals surface area contributed by atoms with E-state index in [9.17, 15) is 9.59 Å². The molecule has 208 valence electrons. The van der Waals surface area contributed by atoms with E-state index in [1.807, 2.05) is 37.3 Å². The van der Waals surface area contributed by atoms with Crippen LogP contribution in [0.5, 0.6) is 0 Å². The molecule has 2 amide bonds. The van der Waals surface area contributed by atoms with Crippen molar-refractivity contribution in [3.8, 4) is 11.3 Å². The molecule has 2 N–H and O–H groups in total. The zero-order valence-electron chi connectivity index (χ0n) is 23.2. The summed E-state index contributed by atoms with van der Waals surface area (Å²) in [5.74, 6) is 0.999. The second-order valence-corrected chi connectivity index (χ2v) is 10.0. The Morgan fingerprint density at radius 3 is 2.55 bits per heavy atom. The summed E-state index contributed by atoms with van der Waals surface area (Å²) in [5, 5.41) is 5.51. The molecule has 2 aromatic carbocycles. The van der Waals surface area contributed by atoms with Crippen molar-refractivity contribution in [1.82, 2.24) is 20.3 Å². The molecule has 2 heterocycles. The molecule has 0 bridgehead atoms. The van der Waals surface area contributed by atoms with E-state index < -0.39 is 6.09 Å². The highest BCUT2D eigenvalue weighted by molar-refractivity contribution is 5.90. The minimum Gasteiger partial charge on any atom is -0.445 e. The van der Waals surface area contributed by atoms with Crippen LogP contribution in [0.25, 0.3) is 22.4 Å². The van der Waals surface area contributed by atoms with Gasteiger partial charge in [-0.05, 0) is 61.4 Å². The molecule has 40 heavy (non-hydrogen) atoms. The molecule has 2 aromatic heterocycles. The zero-order chi connectivity index (χ0) is 28.2. The van der Waals surface area contributed by atoms with Crippen molar-refractivity contribution in [3.63, 3.8) is 0 Å². The molecule has 0 fully saturated rings. The van der Waals surface area contributed by atoms with Crippen LogP contribution in [0.2, 0.25) is 0 Å². The molecule has 1 atom stereocenters. The summed E-state index contributed by atoms with van der Waals surface area (Å²) in [6, 6.07) is 21.7. The van der Waals surface area contributed by atoms with Crippen molar-refractivity contribution in [2.75, 3.05) is 11.9 Å². The standard InChI is InChI=1S/C32H37N5O3/c1-3-33-32(39)40-22-25-15-9-16-26(20-25)28-21-34-27-18-19-29(37-31(27)35-28)36-30(38)17-8-11-23(2)10-7-14-24-12-5-4-6-13-24/h4-6,9,12-13,15-16,18-21,23H,3,7-8,10-11,14,17,22H2,1-2H3,(H,33,39)(H,35,36,37,38)/t23-/m1/s1. The highest BCUT2D eigenvalue weighted by atomic mass is 16.5. The number of pyridine rings is 1. The zero-order valence-corrected chi connectivity index (χ0v) is 23.2. The van der Waals surface area contributed by atoms with Gasteiger partial charge in [-0.1, -0.05) is 68.3 Å². The molecule has 8 heteroatoms. The maximum atomic E-state index is 12.6. The third kappa shape index (κ3) is 8.86. The number of hydrogen-bond acceptors (Lipinski definition) is 6. The number of amides is 2. The van der Waals surface area contributed by atoms with Crippen LogP contribution in [-0.4, -0.2) is 33.5 Å². The van der Waals surface area contributed by atoms with Gasteiger partial charge in [0.25, 0.3) is 0 Å². The first-order chi connectivity index (χ1) is 19.5. The first-order valence-corrected chi connectivity index (χ1v) is 14.0. The average Bonchev–Trinajstić information content (AvgIpc) is 2.96. The smallest absolute Gasteiger partial charge is 0.407 e. The third-order valence-electron chi connectivity index (χ3n) is 6.69. The fraction of sp³-hybridized carbons (Fsp3) is 0.344. The van der Waals surface area contributed by atoms with Gasteiger partial charge in [-0.2, -0.15) is 0 Å². The maximum absolute atomic E-state index is 12.6. The number of nitrogens with zero attached hydrogens (tertiary/aromatic N) is 3. The van der Waals surface area contributed by atoms with Gasteiger partial charge in [0, 0.05) is 18.5 Å². The summed E-state index contributed by atoms with van der Waals surface area (Å²) >= 11 is 0. The number of carbonyl (C=O) groups is 2. The third-order valence-corrected chi connectivity index (χ3v) is 6.69. The van der Waals surface area contributed by atoms with Crippen LogP contribution in [0.1, 0.15) is 57.1 Å². The lowest BCUT2D eigenvalue weighted by atomic mass is 9.96. The van der Waals surface area contributed by atoms with Gasteiger partial charge in [0.1, 0.15) is 17.9 Å². The molecule has 4 aromatic rings. The number of aromatic nitrogens is 3. The van der Waals surface area contributed by atoms with E-state index in [-0.39, 0.29) is 12.5 Å². The molecule has 0 unspecified atom stereocenters. The van der Waals surface area contributed by atoms with E-state index in [1.54, 1.807) is 18.3 Å². The van der Waals surface area contributed by atoms with Crippen LogP contribution >= 0.6 is 0 Å². The molecule has 0 radical (unpaired) electrons. The largest absolute Gasteiger partial charge is 0.445 e. The summed E-state index contributed by atoms with van der Waals surface area (Å²) in [5.41, 5.74) is 4.79. The number of hydrogen-bond donors (Lipinski definition) is 2. The van der Waals surface area contributed by atoms with Crippen molar-refractivity contribution < 1.29 is 14.3 Å². The second kappa shape index (κ2) is 14.7. The Balaban J connectivity index is 1.28. The Morgan fingerprint density at radius 1 is 0.925 bits per heavy atom. The Kier molecular flexibility index (Phi) is 10.6. The monoisotopic (exact) mass is 539 g/mol. The summed E-state index contributed by atoms with van der Waals surface area (Å²) in [6.07, 6.45) is 6.98. The molecule has 0 aliphatic rings. The SMILES string of the molecule is CCNC(=O)OCc1cccc(-c2cnc3ccc(NC(=O)CCC[C@H](C)CCCc4ccccc4)nc3n2)c1. The van der Waals surface area contributed by atoms with Gasteiger partial charge < -0.3 is 15.4 Å². The lowest BCUT2D eigenvalue weighted by molar-refractivity contribution is -0.116. The first-order valence-electron chi connectivity index (χ1n) is 14.0. The fourth-order valence-electron chi connectivity index (χ4n) is 4.53. The van der Waals surface area contributed by atoms with Gasteiger partial charge in [0.05, 0.1) is 11.9 Å². The number of fused-ring (bicyclic) bond motifs is 1. The number of aryl methyl sites for hydroxylation is 1. The van der Waals surface area contributed by atoms with Crippen LogP contribution < -0.4 is 10.6 Å². The predicted molar refractivity (Wildman–Crippen MR) is 158 cm³/mol. The number of rotatable bonds is 13. The molecule has 0 saturated heterocycles. The lowest BCUT2D eigenvalue weighted by Crippen LogP contribution is -2.23. The van der Waals surface area contributed by atoms with Crippen LogP contribution in [-0.2, 0) is 22.6 Å². The van der Waals surface area contributed by atoms with Gasteiger partial charge in [-0.3, -0.25) is 9.78 Å². The van der Waals surface area contributed by atoms with E-state index in [2.05, 4.69) is 56.8 Å². The highest BCUT2D eigenvalue weighted by Crippen LogP contribution is 2.22. The highest BCUT2D eigenvalue weighted by Gasteiger charge is 2.10. The number of benzene rings is 2. The van der Waals surface area contributed by atoms with E-state index in [4.69, 9.17) is 4.74 Å². The molecular weight excluding hydrogens is 502 g/mol. The molecule has 0 aliphatic carbocycles.